The Hall–Kier alpha value is -0.0900. The zero-order chi connectivity index (χ0) is 9.95. The third kappa shape index (κ3) is 3.27. The maximum atomic E-state index is 10.9. The molecule has 1 aliphatic carbocycles. The van der Waals surface area contributed by atoms with Crippen molar-refractivity contribution >= 4 is 9.84 Å². The Morgan fingerprint density at radius 2 is 2.00 bits per heavy atom. The Morgan fingerprint density at radius 3 is 2.31 bits per heavy atom. The van der Waals surface area contributed by atoms with Crippen LogP contribution in [0.4, 0.5) is 0 Å². The SMILES string of the molecule is CCC1(NCCS(C)(=O)=O)CCC1. The van der Waals surface area contributed by atoms with Crippen molar-refractivity contribution in [2.45, 2.75) is 38.1 Å². The van der Waals surface area contributed by atoms with Crippen LogP contribution in [0.1, 0.15) is 32.6 Å². The molecule has 0 aromatic carbocycles. The molecule has 0 aliphatic heterocycles. The second kappa shape index (κ2) is 3.96. The third-order valence-electron chi connectivity index (χ3n) is 2.96. The van der Waals surface area contributed by atoms with E-state index in [2.05, 4.69) is 12.2 Å². The molecule has 0 saturated heterocycles. The Labute approximate surface area is 80.8 Å². The van der Waals surface area contributed by atoms with Gasteiger partial charge in [-0.25, -0.2) is 8.42 Å². The summed E-state index contributed by atoms with van der Waals surface area (Å²) in [5.41, 5.74) is 0.269. The van der Waals surface area contributed by atoms with Gasteiger partial charge in [0, 0.05) is 18.3 Å². The van der Waals surface area contributed by atoms with Crippen molar-refractivity contribution < 1.29 is 8.42 Å². The van der Waals surface area contributed by atoms with Crippen LogP contribution in [0.5, 0.6) is 0 Å². The first-order valence-electron chi connectivity index (χ1n) is 4.90. The number of hydrogen-bond acceptors (Lipinski definition) is 3. The monoisotopic (exact) mass is 205 g/mol. The van der Waals surface area contributed by atoms with Gasteiger partial charge in [0.15, 0.2) is 0 Å². The largest absolute Gasteiger partial charge is 0.310 e. The van der Waals surface area contributed by atoms with Gasteiger partial charge in [0.05, 0.1) is 5.75 Å². The topological polar surface area (TPSA) is 46.2 Å². The molecule has 1 saturated carbocycles. The zero-order valence-electron chi connectivity index (χ0n) is 8.47. The van der Waals surface area contributed by atoms with Crippen LogP contribution >= 0.6 is 0 Å². The second-order valence-electron chi connectivity index (χ2n) is 4.04. The third-order valence-corrected chi connectivity index (χ3v) is 3.91. The van der Waals surface area contributed by atoms with E-state index in [4.69, 9.17) is 0 Å². The van der Waals surface area contributed by atoms with E-state index in [0.29, 0.717) is 6.54 Å². The van der Waals surface area contributed by atoms with Gasteiger partial charge in [0.25, 0.3) is 0 Å². The molecule has 0 bridgehead atoms. The molecule has 0 atom stereocenters. The van der Waals surface area contributed by atoms with Crippen LogP contribution in [-0.4, -0.2) is 32.5 Å². The van der Waals surface area contributed by atoms with Crippen molar-refractivity contribution in [3.63, 3.8) is 0 Å². The Balaban J connectivity index is 2.26. The first-order valence-corrected chi connectivity index (χ1v) is 6.96. The van der Waals surface area contributed by atoms with Crippen LogP contribution in [0, 0.1) is 0 Å². The molecular weight excluding hydrogens is 186 g/mol. The van der Waals surface area contributed by atoms with Crippen LogP contribution < -0.4 is 5.32 Å². The van der Waals surface area contributed by atoms with E-state index in [1.54, 1.807) is 0 Å². The van der Waals surface area contributed by atoms with Crippen molar-refractivity contribution in [2.75, 3.05) is 18.6 Å². The van der Waals surface area contributed by atoms with E-state index in [0.717, 1.165) is 6.42 Å². The van der Waals surface area contributed by atoms with Crippen molar-refractivity contribution in [3.8, 4) is 0 Å². The van der Waals surface area contributed by atoms with Gasteiger partial charge in [-0.05, 0) is 25.7 Å². The predicted molar refractivity (Wildman–Crippen MR) is 54.6 cm³/mol. The van der Waals surface area contributed by atoms with Crippen molar-refractivity contribution in [1.29, 1.82) is 0 Å². The maximum absolute atomic E-state index is 10.9. The molecule has 1 fully saturated rings. The number of hydrogen-bond donors (Lipinski definition) is 1. The van der Waals surface area contributed by atoms with Crippen LogP contribution in [0.2, 0.25) is 0 Å². The highest BCUT2D eigenvalue weighted by Gasteiger charge is 2.34. The summed E-state index contributed by atoms with van der Waals surface area (Å²) in [6.07, 6.45) is 6.07. The summed E-state index contributed by atoms with van der Waals surface area (Å²) in [5, 5.41) is 3.36. The molecule has 0 spiro atoms. The van der Waals surface area contributed by atoms with E-state index < -0.39 is 9.84 Å². The summed E-state index contributed by atoms with van der Waals surface area (Å²) in [6, 6.07) is 0. The van der Waals surface area contributed by atoms with E-state index >= 15 is 0 Å². The molecule has 1 aliphatic rings. The summed E-state index contributed by atoms with van der Waals surface area (Å²) < 4.78 is 21.7. The quantitative estimate of drug-likeness (QED) is 0.727. The Morgan fingerprint density at radius 1 is 1.38 bits per heavy atom. The molecule has 0 unspecified atom stereocenters. The van der Waals surface area contributed by atoms with Gasteiger partial charge in [0.1, 0.15) is 9.84 Å². The van der Waals surface area contributed by atoms with Gasteiger partial charge in [0.2, 0.25) is 0 Å². The van der Waals surface area contributed by atoms with E-state index in [-0.39, 0.29) is 11.3 Å². The first kappa shape index (κ1) is 11.0. The molecule has 1 rings (SSSR count). The van der Waals surface area contributed by atoms with E-state index in [1.165, 1.54) is 25.5 Å². The molecule has 0 radical (unpaired) electrons. The van der Waals surface area contributed by atoms with Crippen molar-refractivity contribution in [1.82, 2.24) is 5.32 Å². The van der Waals surface area contributed by atoms with Gasteiger partial charge < -0.3 is 5.32 Å². The molecule has 1 N–H and O–H groups in total. The molecule has 3 nitrogen and oxygen atoms in total. The lowest BCUT2D eigenvalue weighted by Gasteiger charge is -2.42. The molecule has 0 amide bonds. The number of rotatable bonds is 5. The zero-order valence-corrected chi connectivity index (χ0v) is 9.28. The van der Waals surface area contributed by atoms with Gasteiger partial charge in [-0.2, -0.15) is 0 Å². The smallest absolute Gasteiger partial charge is 0.148 e. The molecule has 0 aromatic rings. The molecule has 0 heterocycles. The minimum absolute atomic E-state index is 0.259. The van der Waals surface area contributed by atoms with Crippen molar-refractivity contribution in [3.05, 3.63) is 0 Å². The minimum atomic E-state index is -2.80. The fourth-order valence-corrected chi connectivity index (χ4v) is 2.23. The van der Waals surface area contributed by atoms with Gasteiger partial charge in [-0.1, -0.05) is 6.92 Å². The van der Waals surface area contributed by atoms with Gasteiger partial charge >= 0.3 is 0 Å². The molecule has 0 aromatic heterocycles. The van der Waals surface area contributed by atoms with E-state index in [9.17, 15) is 8.42 Å². The van der Waals surface area contributed by atoms with Crippen molar-refractivity contribution in [2.24, 2.45) is 0 Å². The lowest BCUT2D eigenvalue weighted by Crippen LogP contribution is -2.51. The highest BCUT2D eigenvalue weighted by atomic mass is 32.2. The summed E-state index contributed by atoms with van der Waals surface area (Å²) in [7, 11) is -2.80. The molecule has 13 heavy (non-hydrogen) atoms. The minimum Gasteiger partial charge on any atom is -0.310 e. The Bertz CT molecular complexity index is 249. The second-order valence-corrected chi connectivity index (χ2v) is 6.30. The fraction of sp³-hybridized carbons (Fsp3) is 1.00. The van der Waals surface area contributed by atoms with Crippen LogP contribution in [0.25, 0.3) is 0 Å². The van der Waals surface area contributed by atoms with Crippen LogP contribution in [0.15, 0.2) is 0 Å². The Kier molecular flexibility index (Phi) is 3.35. The van der Waals surface area contributed by atoms with Gasteiger partial charge in [-0.15, -0.1) is 0 Å². The van der Waals surface area contributed by atoms with Crippen LogP contribution in [-0.2, 0) is 9.84 Å². The number of sulfone groups is 1. The summed E-state index contributed by atoms with van der Waals surface area (Å²) in [4.78, 5) is 0. The summed E-state index contributed by atoms with van der Waals surface area (Å²) >= 11 is 0. The lowest BCUT2D eigenvalue weighted by atomic mass is 9.75. The average molecular weight is 205 g/mol. The molecule has 4 heteroatoms. The standard InChI is InChI=1S/C9H19NO2S/c1-3-9(5-4-6-9)10-7-8-13(2,11)12/h10H,3-8H2,1-2H3. The maximum Gasteiger partial charge on any atom is 0.148 e. The highest BCUT2D eigenvalue weighted by Crippen LogP contribution is 2.34. The fourth-order valence-electron chi connectivity index (χ4n) is 1.76. The summed E-state index contributed by atoms with van der Waals surface area (Å²) in [5.74, 6) is 0.259. The summed E-state index contributed by atoms with van der Waals surface area (Å²) in [6.45, 7) is 2.76. The molecular formula is C9H19NO2S. The predicted octanol–water partition coefficient (Wildman–Crippen LogP) is 0.953. The number of nitrogens with one attached hydrogen (secondary N) is 1. The van der Waals surface area contributed by atoms with Crippen LogP contribution in [0.3, 0.4) is 0 Å². The van der Waals surface area contributed by atoms with Gasteiger partial charge in [-0.3, -0.25) is 0 Å². The van der Waals surface area contributed by atoms with E-state index in [1.807, 2.05) is 0 Å². The lowest BCUT2D eigenvalue weighted by molar-refractivity contribution is 0.182. The normalized spacial score (nSPS) is 21.1. The molecule has 78 valence electrons. The highest BCUT2D eigenvalue weighted by molar-refractivity contribution is 7.90. The average Bonchev–Trinajstić information content (AvgIpc) is 1.92. The first-order chi connectivity index (χ1) is 5.97.